The Morgan fingerprint density at radius 1 is 0.806 bits per heavy atom. The molecule has 1 aliphatic heterocycles. The van der Waals surface area contributed by atoms with E-state index in [0.717, 1.165) is 28.1 Å². The minimum Gasteiger partial charge on any atom is -0.496 e. The van der Waals surface area contributed by atoms with Crippen LogP contribution in [0.15, 0.2) is 114 Å². The zero-order chi connectivity index (χ0) is 25.1. The number of sulfonamides is 1. The van der Waals surface area contributed by atoms with Crippen LogP contribution in [-0.4, -0.2) is 32.4 Å². The highest BCUT2D eigenvalue weighted by molar-refractivity contribution is 7.89. The number of benzene rings is 4. The molecule has 36 heavy (non-hydrogen) atoms. The Bertz CT molecular complexity index is 1410. The van der Waals surface area contributed by atoms with Crippen molar-refractivity contribution in [2.24, 2.45) is 0 Å². The summed E-state index contributed by atoms with van der Waals surface area (Å²) in [5.41, 5.74) is 3.92. The standard InChI is InChI=1S/C30H30N2O3S/c1-23-17-19-28(20-18-23)36(33,34)32-27(21-25-13-9-10-16-29(25)35-2)22-31(26-14-7-4-8-15-26)30(32)24-11-5-3-6-12-24/h3-20,27,30H,21-22H2,1-2H3/t27-,30+/m0/s1. The molecule has 2 atom stereocenters. The smallest absolute Gasteiger partial charge is 0.245 e. The Morgan fingerprint density at radius 3 is 2.08 bits per heavy atom. The first-order chi connectivity index (χ1) is 17.5. The lowest BCUT2D eigenvalue weighted by Gasteiger charge is -2.32. The van der Waals surface area contributed by atoms with E-state index in [-0.39, 0.29) is 6.04 Å². The van der Waals surface area contributed by atoms with Crippen LogP contribution < -0.4 is 9.64 Å². The molecule has 1 aliphatic rings. The van der Waals surface area contributed by atoms with E-state index in [1.165, 1.54) is 0 Å². The normalized spacial score (nSPS) is 18.3. The average Bonchev–Trinajstić information content (AvgIpc) is 3.30. The Hall–Kier alpha value is -3.61. The topological polar surface area (TPSA) is 49.9 Å². The van der Waals surface area contributed by atoms with Gasteiger partial charge in [0.15, 0.2) is 0 Å². The predicted octanol–water partition coefficient (Wildman–Crippen LogP) is 5.82. The highest BCUT2D eigenvalue weighted by Crippen LogP contribution is 2.42. The molecule has 0 aliphatic carbocycles. The van der Waals surface area contributed by atoms with Crippen LogP contribution in [0.25, 0.3) is 0 Å². The maximum atomic E-state index is 14.3. The second-order valence-electron chi connectivity index (χ2n) is 9.09. The molecule has 0 spiro atoms. The largest absolute Gasteiger partial charge is 0.496 e. The summed E-state index contributed by atoms with van der Waals surface area (Å²) in [6.07, 6.45) is 0.0431. The van der Waals surface area contributed by atoms with Crippen molar-refractivity contribution in [3.63, 3.8) is 0 Å². The molecular formula is C30H30N2O3S. The van der Waals surface area contributed by atoms with Crippen molar-refractivity contribution < 1.29 is 13.2 Å². The summed E-state index contributed by atoms with van der Waals surface area (Å²) < 4.78 is 36.0. The zero-order valence-electron chi connectivity index (χ0n) is 20.5. The second kappa shape index (κ2) is 10.2. The van der Waals surface area contributed by atoms with Gasteiger partial charge in [-0.3, -0.25) is 0 Å². The third-order valence-electron chi connectivity index (χ3n) is 6.73. The fourth-order valence-electron chi connectivity index (χ4n) is 5.00. The van der Waals surface area contributed by atoms with Crippen molar-refractivity contribution >= 4 is 15.7 Å². The van der Waals surface area contributed by atoms with E-state index >= 15 is 0 Å². The van der Waals surface area contributed by atoms with Gasteiger partial charge < -0.3 is 9.64 Å². The van der Waals surface area contributed by atoms with Gasteiger partial charge in [0, 0.05) is 18.3 Å². The van der Waals surface area contributed by atoms with Crippen LogP contribution >= 0.6 is 0 Å². The molecule has 0 amide bonds. The van der Waals surface area contributed by atoms with Gasteiger partial charge in [-0.25, -0.2) is 8.42 Å². The van der Waals surface area contributed by atoms with Crippen molar-refractivity contribution in [3.05, 3.63) is 126 Å². The third kappa shape index (κ3) is 4.62. The van der Waals surface area contributed by atoms with Crippen LogP contribution in [0.2, 0.25) is 0 Å². The van der Waals surface area contributed by atoms with Gasteiger partial charge in [-0.1, -0.05) is 84.4 Å². The van der Waals surface area contributed by atoms with E-state index < -0.39 is 16.2 Å². The van der Waals surface area contributed by atoms with Gasteiger partial charge >= 0.3 is 0 Å². The lowest BCUT2D eigenvalue weighted by atomic mass is 10.1. The van der Waals surface area contributed by atoms with Crippen LogP contribution in [0.1, 0.15) is 22.9 Å². The number of rotatable bonds is 7. The summed E-state index contributed by atoms with van der Waals surface area (Å²) in [7, 11) is -2.18. The SMILES string of the molecule is COc1ccccc1C[C@H]1CN(c2ccccc2)[C@@H](c2ccccc2)N1S(=O)(=O)c1ccc(C)cc1. The number of anilines is 1. The lowest BCUT2D eigenvalue weighted by Crippen LogP contribution is -2.40. The lowest BCUT2D eigenvalue weighted by molar-refractivity contribution is 0.324. The Balaban J connectivity index is 1.67. The summed E-state index contributed by atoms with van der Waals surface area (Å²) in [4.78, 5) is 2.50. The molecule has 184 valence electrons. The van der Waals surface area contributed by atoms with Crippen molar-refractivity contribution in [2.45, 2.75) is 30.4 Å². The Kier molecular flexibility index (Phi) is 6.81. The maximum Gasteiger partial charge on any atom is 0.245 e. The molecule has 4 aromatic carbocycles. The molecule has 0 unspecified atom stereocenters. The fourth-order valence-corrected chi connectivity index (χ4v) is 6.76. The maximum absolute atomic E-state index is 14.3. The second-order valence-corrected chi connectivity index (χ2v) is 10.9. The molecule has 1 saturated heterocycles. The molecular weight excluding hydrogens is 468 g/mol. The van der Waals surface area contributed by atoms with E-state index in [1.807, 2.05) is 104 Å². The minimum absolute atomic E-state index is 0.300. The molecule has 0 N–H and O–H groups in total. The van der Waals surface area contributed by atoms with Gasteiger partial charge in [-0.05, 0) is 54.8 Å². The highest BCUT2D eigenvalue weighted by atomic mass is 32.2. The molecule has 0 bridgehead atoms. The molecule has 1 heterocycles. The van der Waals surface area contributed by atoms with Gasteiger partial charge in [0.2, 0.25) is 10.0 Å². The molecule has 0 saturated carbocycles. The van der Waals surface area contributed by atoms with Crippen molar-refractivity contribution in [1.29, 1.82) is 0 Å². The third-order valence-corrected chi connectivity index (χ3v) is 8.65. The first kappa shape index (κ1) is 24.1. The fraction of sp³-hybridized carbons (Fsp3) is 0.200. The van der Waals surface area contributed by atoms with Crippen molar-refractivity contribution in [1.82, 2.24) is 4.31 Å². The molecule has 0 radical (unpaired) electrons. The van der Waals surface area contributed by atoms with Gasteiger partial charge in [0.25, 0.3) is 0 Å². The Morgan fingerprint density at radius 2 is 1.42 bits per heavy atom. The molecule has 1 fully saturated rings. The van der Waals surface area contributed by atoms with E-state index in [2.05, 4.69) is 4.90 Å². The monoisotopic (exact) mass is 498 g/mol. The van der Waals surface area contributed by atoms with E-state index in [9.17, 15) is 8.42 Å². The Labute approximate surface area is 213 Å². The molecule has 4 aromatic rings. The van der Waals surface area contributed by atoms with Crippen LogP contribution in [0.4, 0.5) is 5.69 Å². The molecule has 0 aromatic heterocycles. The number of methoxy groups -OCH3 is 1. The van der Waals surface area contributed by atoms with Crippen LogP contribution in [0, 0.1) is 6.92 Å². The summed E-state index contributed by atoms with van der Waals surface area (Å²) in [5, 5.41) is 0. The van der Waals surface area contributed by atoms with Gasteiger partial charge in [0.05, 0.1) is 12.0 Å². The zero-order valence-corrected chi connectivity index (χ0v) is 21.3. The quantitative estimate of drug-likeness (QED) is 0.322. The number of ether oxygens (including phenoxy) is 1. The molecule has 5 nitrogen and oxygen atoms in total. The van der Waals surface area contributed by atoms with Crippen molar-refractivity contribution in [3.8, 4) is 5.75 Å². The first-order valence-electron chi connectivity index (χ1n) is 12.1. The average molecular weight is 499 g/mol. The van der Waals surface area contributed by atoms with E-state index in [4.69, 9.17) is 4.74 Å². The number of hydrogen-bond acceptors (Lipinski definition) is 4. The minimum atomic E-state index is -3.83. The number of hydrogen-bond donors (Lipinski definition) is 0. The summed E-state index contributed by atoms with van der Waals surface area (Å²) in [6, 6.07) is 34.6. The number of aryl methyl sites for hydroxylation is 1. The van der Waals surface area contributed by atoms with Gasteiger partial charge in [-0.15, -0.1) is 0 Å². The summed E-state index contributed by atoms with van der Waals surface area (Å²) in [5.74, 6) is 0.764. The number of nitrogens with zero attached hydrogens (tertiary/aromatic N) is 2. The van der Waals surface area contributed by atoms with Gasteiger partial charge in [0.1, 0.15) is 11.9 Å². The van der Waals surface area contributed by atoms with E-state index in [0.29, 0.717) is 17.9 Å². The van der Waals surface area contributed by atoms with E-state index in [1.54, 1.807) is 23.5 Å². The van der Waals surface area contributed by atoms with Crippen LogP contribution in [0.5, 0.6) is 5.75 Å². The predicted molar refractivity (Wildman–Crippen MR) is 144 cm³/mol. The van der Waals surface area contributed by atoms with Crippen LogP contribution in [0.3, 0.4) is 0 Å². The first-order valence-corrected chi connectivity index (χ1v) is 13.5. The number of para-hydroxylation sites is 2. The molecule has 6 heteroatoms. The summed E-state index contributed by atoms with van der Waals surface area (Å²) >= 11 is 0. The highest BCUT2D eigenvalue weighted by Gasteiger charge is 2.47. The molecule has 5 rings (SSSR count). The summed E-state index contributed by atoms with van der Waals surface area (Å²) in [6.45, 7) is 2.51. The van der Waals surface area contributed by atoms with Gasteiger partial charge in [-0.2, -0.15) is 4.31 Å². The van der Waals surface area contributed by atoms with Crippen molar-refractivity contribution in [2.75, 3.05) is 18.6 Å². The van der Waals surface area contributed by atoms with Crippen LogP contribution in [-0.2, 0) is 16.4 Å².